The summed E-state index contributed by atoms with van der Waals surface area (Å²) in [4.78, 5) is 25.3. The van der Waals surface area contributed by atoms with Crippen LogP contribution in [0.2, 0.25) is 0 Å². The Labute approximate surface area is 179 Å². The zero-order valence-electron chi connectivity index (χ0n) is 18.0. The largest absolute Gasteiger partial charge is 0.469 e. The maximum Gasteiger partial charge on any atom is 0.315 e. The number of methoxy groups -OCH3 is 1. The zero-order chi connectivity index (χ0) is 21.3. The maximum absolute atomic E-state index is 11.6. The molecule has 1 aliphatic rings. The summed E-state index contributed by atoms with van der Waals surface area (Å²) in [6.45, 7) is 5.21. The van der Waals surface area contributed by atoms with Crippen molar-refractivity contribution >= 4 is 11.9 Å². The highest BCUT2D eigenvalue weighted by atomic mass is 16.5. The first kappa shape index (κ1) is 22.0. The van der Waals surface area contributed by atoms with Crippen molar-refractivity contribution in [2.45, 2.75) is 45.1 Å². The first-order valence-corrected chi connectivity index (χ1v) is 10.8. The molecule has 1 amide bonds. The van der Waals surface area contributed by atoms with E-state index in [9.17, 15) is 9.59 Å². The molecule has 0 aromatic heterocycles. The van der Waals surface area contributed by atoms with Crippen LogP contribution in [0.3, 0.4) is 0 Å². The molecular formula is C25H32N2O3. The molecule has 2 aromatic rings. The Morgan fingerprint density at radius 1 is 1.00 bits per heavy atom. The molecular weight excluding hydrogens is 376 g/mol. The summed E-state index contributed by atoms with van der Waals surface area (Å²) in [5.74, 6) is -0.828. The number of nitrogens with zero attached hydrogens (tertiary/aromatic N) is 1. The number of hydrogen-bond donors (Lipinski definition) is 1. The van der Waals surface area contributed by atoms with Crippen LogP contribution in [0.15, 0.2) is 48.5 Å². The quantitative estimate of drug-likeness (QED) is 0.509. The number of hydrogen-bond acceptors (Lipinski definition) is 4. The van der Waals surface area contributed by atoms with Crippen LogP contribution in [0.5, 0.6) is 0 Å². The number of benzene rings is 2. The van der Waals surface area contributed by atoms with Crippen LogP contribution in [0, 0.1) is 0 Å². The SMILES string of the molecule is COC(=O)CC(=O)NCCc1ccc(-c2ccc(CCN3CCC[C@H]3C)cc2)cc1. The second kappa shape index (κ2) is 10.9. The lowest BCUT2D eigenvalue weighted by Gasteiger charge is -2.20. The fourth-order valence-corrected chi connectivity index (χ4v) is 3.94. The van der Waals surface area contributed by atoms with Crippen LogP contribution >= 0.6 is 0 Å². The van der Waals surface area contributed by atoms with E-state index >= 15 is 0 Å². The predicted molar refractivity (Wildman–Crippen MR) is 119 cm³/mol. The number of likely N-dealkylation sites (tertiary alicyclic amines) is 1. The van der Waals surface area contributed by atoms with Gasteiger partial charge in [0.25, 0.3) is 0 Å². The van der Waals surface area contributed by atoms with Crippen molar-refractivity contribution in [1.29, 1.82) is 0 Å². The molecule has 1 atom stereocenters. The van der Waals surface area contributed by atoms with Gasteiger partial charge in [-0.15, -0.1) is 0 Å². The topological polar surface area (TPSA) is 58.6 Å². The van der Waals surface area contributed by atoms with Gasteiger partial charge in [0.2, 0.25) is 5.91 Å². The van der Waals surface area contributed by atoms with E-state index in [0.29, 0.717) is 6.54 Å². The lowest BCUT2D eigenvalue weighted by atomic mass is 10.0. The Hall–Kier alpha value is -2.66. The first-order valence-electron chi connectivity index (χ1n) is 10.8. The van der Waals surface area contributed by atoms with Crippen LogP contribution in [0.4, 0.5) is 0 Å². The van der Waals surface area contributed by atoms with Gasteiger partial charge in [-0.05, 0) is 61.4 Å². The van der Waals surface area contributed by atoms with E-state index in [1.165, 1.54) is 43.2 Å². The second-order valence-corrected chi connectivity index (χ2v) is 8.02. The van der Waals surface area contributed by atoms with E-state index in [-0.39, 0.29) is 12.3 Å². The molecule has 1 saturated heterocycles. The Morgan fingerprint density at radius 3 is 2.13 bits per heavy atom. The van der Waals surface area contributed by atoms with Crippen molar-refractivity contribution < 1.29 is 14.3 Å². The summed E-state index contributed by atoms with van der Waals surface area (Å²) in [7, 11) is 1.28. The molecule has 1 N–H and O–H groups in total. The van der Waals surface area contributed by atoms with Gasteiger partial charge in [-0.25, -0.2) is 0 Å². The number of nitrogens with one attached hydrogen (secondary N) is 1. The van der Waals surface area contributed by atoms with Gasteiger partial charge in [0, 0.05) is 19.1 Å². The summed E-state index contributed by atoms with van der Waals surface area (Å²) in [5, 5.41) is 2.74. The minimum atomic E-state index is -0.520. The fourth-order valence-electron chi connectivity index (χ4n) is 3.94. The van der Waals surface area contributed by atoms with Crippen molar-refractivity contribution in [1.82, 2.24) is 10.2 Å². The predicted octanol–water partition coefficient (Wildman–Crippen LogP) is 3.60. The third kappa shape index (κ3) is 6.42. The summed E-state index contributed by atoms with van der Waals surface area (Å²) in [5.41, 5.74) is 4.94. The number of carbonyl (C=O) groups excluding carboxylic acids is 2. The molecule has 0 aliphatic carbocycles. The Morgan fingerprint density at radius 2 is 1.60 bits per heavy atom. The smallest absolute Gasteiger partial charge is 0.315 e. The highest BCUT2D eigenvalue weighted by molar-refractivity contribution is 5.94. The van der Waals surface area contributed by atoms with Crippen LogP contribution in [0.1, 0.15) is 37.3 Å². The molecule has 1 aliphatic heterocycles. The van der Waals surface area contributed by atoms with E-state index in [0.717, 1.165) is 31.0 Å². The summed E-state index contributed by atoms with van der Waals surface area (Å²) in [6, 6.07) is 18.0. The third-order valence-corrected chi connectivity index (χ3v) is 5.89. The van der Waals surface area contributed by atoms with E-state index in [1.54, 1.807) is 0 Å². The molecule has 5 heteroatoms. The van der Waals surface area contributed by atoms with Crippen LogP contribution in [-0.4, -0.2) is 49.6 Å². The Kier molecular flexibility index (Phi) is 8.03. The van der Waals surface area contributed by atoms with Crippen molar-refractivity contribution in [3.63, 3.8) is 0 Å². The number of amides is 1. The molecule has 0 bridgehead atoms. The summed E-state index contributed by atoms with van der Waals surface area (Å²) >= 11 is 0. The van der Waals surface area contributed by atoms with E-state index < -0.39 is 5.97 Å². The zero-order valence-corrected chi connectivity index (χ0v) is 18.0. The maximum atomic E-state index is 11.6. The van der Waals surface area contributed by atoms with Crippen LogP contribution in [0.25, 0.3) is 11.1 Å². The number of carbonyl (C=O) groups is 2. The van der Waals surface area contributed by atoms with E-state index in [1.807, 2.05) is 0 Å². The van der Waals surface area contributed by atoms with Gasteiger partial charge < -0.3 is 15.0 Å². The average molecular weight is 409 g/mol. The lowest BCUT2D eigenvalue weighted by Crippen LogP contribution is -2.28. The summed E-state index contributed by atoms with van der Waals surface area (Å²) < 4.78 is 4.49. The first-order chi connectivity index (χ1) is 14.5. The standard InChI is InChI=1S/C25H32N2O3/c1-19-4-3-16-27(19)17-14-21-7-11-23(12-8-21)22-9-5-20(6-10-22)13-15-26-24(28)18-25(29)30-2/h5-12,19H,3-4,13-18H2,1-2H3,(H,26,28)/t19-/m1/s1. The normalized spacial score (nSPS) is 16.4. The van der Waals surface area contributed by atoms with E-state index in [4.69, 9.17) is 0 Å². The van der Waals surface area contributed by atoms with Crippen molar-refractivity contribution in [3.8, 4) is 11.1 Å². The molecule has 3 rings (SSSR count). The van der Waals surface area contributed by atoms with Gasteiger partial charge in [0.1, 0.15) is 6.42 Å². The van der Waals surface area contributed by atoms with Crippen LogP contribution < -0.4 is 5.32 Å². The molecule has 0 saturated carbocycles. The second-order valence-electron chi connectivity index (χ2n) is 8.02. The number of ether oxygens (including phenoxy) is 1. The third-order valence-electron chi connectivity index (χ3n) is 5.89. The minimum absolute atomic E-state index is 0.234. The molecule has 5 nitrogen and oxygen atoms in total. The molecule has 2 aromatic carbocycles. The molecule has 160 valence electrons. The summed E-state index contributed by atoms with van der Waals surface area (Å²) in [6.07, 6.45) is 4.25. The van der Waals surface area contributed by atoms with Crippen molar-refractivity contribution in [2.24, 2.45) is 0 Å². The monoisotopic (exact) mass is 408 g/mol. The molecule has 0 spiro atoms. The molecule has 1 fully saturated rings. The van der Waals surface area contributed by atoms with Crippen molar-refractivity contribution in [2.75, 3.05) is 26.7 Å². The number of rotatable bonds is 9. The molecule has 0 radical (unpaired) electrons. The van der Waals surface area contributed by atoms with Gasteiger partial charge >= 0.3 is 5.97 Å². The van der Waals surface area contributed by atoms with Gasteiger partial charge in [-0.3, -0.25) is 9.59 Å². The fraction of sp³-hybridized carbons (Fsp3) is 0.440. The minimum Gasteiger partial charge on any atom is -0.469 e. The molecule has 30 heavy (non-hydrogen) atoms. The highest BCUT2D eigenvalue weighted by Crippen LogP contribution is 2.22. The van der Waals surface area contributed by atoms with Gasteiger partial charge in [0.05, 0.1) is 7.11 Å². The lowest BCUT2D eigenvalue weighted by molar-refractivity contribution is -0.143. The average Bonchev–Trinajstić information content (AvgIpc) is 3.18. The molecule has 0 unspecified atom stereocenters. The highest BCUT2D eigenvalue weighted by Gasteiger charge is 2.19. The van der Waals surface area contributed by atoms with E-state index in [2.05, 4.69) is 70.4 Å². The van der Waals surface area contributed by atoms with Gasteiger partial charge in [-0.2, -0.15) is 0 Å². The molecule has 1 heterocycles. The Bertz CT molecular complexity index is 830. The van der Waals surface area contributed by atoms with Crippen molar-refractivity contribution in [3.05, 3.63) is 59.7 Å². The van der Waals surface area contributed by atoms with Crippen LogP contribution in [-0.2, 0) is 27.2 Å². The van der Waals surface area contributed by atoms with Gasteiger partial charge in [-0.1, -0.05) is 48.5 Å². The number of esters is 1. The Balaban J connectivity index is 1.46. The van der Waals surface area contributed by atoms with Gasteiger partial charge in [0.15, 0.2) is 0 Å².